The van der Waals surface area contributed by atoms with Crippen molar-refractivity contribution < 1.29 is 19.4 Å². The van der Waals surface area contributed by atoms with E-state index in [1.807, 2.05) is 0 Å². The molecule has 1 rings (SSSR count). The molecule has 0 bridgehead atoms. The van der Waals surface area contributed by atoms with Crippen molar-refractivity contribution in [1.29, 1.82) is 0 Å². The highest BCUT2D eigenvalue weighted by Crippen LogP contribution is 2.43. The van der Waals surface area contributed by atoms with E-state index in [0.717, 1.165) is 0 Å². The van der Waals surface area contributed by atoms with Crippen LogP contribution < -0.4 is 0 Å². The Hall–Kier alpha value is -1.36. The molecular formula is C13H18O4S. The van der Waals surface area contributed by atoms with E-state index in [4.69, 9.17) is 4.74 Å². The van der Waals surface area contributed by atoms with Crippen LogP contribution in [-0.2, 0) is 19.7 Å². The monoisotopic (exact) mass is 270 g/mol. The predicted molar refractivity (Wildman–Crippen MR) is 69.7 cm³/mol. The lowest BCUT2D eigenvalue weighted by Gasteiger charge is -2.38. The van der Waals surface area contributed by atoms with Crippen molar-refractivity contribution in [2.45, 2.75) is 33.1 Å². The molecule has 5 heteroatoms. The molecule has 18 heavy (non-hydrogen) atoms. The zero-order valence-electron chi connectivity index (χ0n) is 11.0. The van der Waals surface area contributed by atoms with Crippen molar-refractivity contribution in [3.63, 3.8) is 0 Å². The Morgan fingerprint density at radius 3 is 2.33 bits per heavy atom. The summed E-state index contributed by atoms with van der Waals surface area (Å²) in [5.41, 5.74) is -1.97. The predicted octanol–water partition coefficient (Wildman–Crippen LogP) is 2.68. The van der Waals surface area contributed by atoms with Gasteiger partial charge in [-0.1, -0.05) is 20.8 Å². The fourth-order valence-corrected chi connectivity index (χ4v) is 2.81. The number of hydrogen-bond acceptors (Lipinski definition) is 4. The Morgan fingerprint density at radius 1 is 1.39 bits per heavy atom. The molecule has 0 aromatic carbocycles. The summed E-state index contributed by atoms with van der Waals surface area (Å²) in [6, 6.07) is 1.67. The first-order chi connectivity index (χ1) is 8.28. The van der Waals surface area contributed by atoms with Crippen molar-refractivity contribution in [3.05, 3.63) is 22.4 Å². The molecule has 0 amide bonds. The average Bonchev–Trinajstić information content (AvgIpc) is 2.69. The fourth-order valence-electron chi connectivity index (χ4n) is 2.11. The highest BCUT2D eigenvalue weighted by molar-refractivity contribution is 7.08. The third kappa shape index (κ3) is 2.14. The third-order valence-corrected chi connectivity index (χ3v) is 3.66. The molecule has 1 N–H and O–H groups in total. The van der Waals surface area contributed by atoms with Crippen LogP contribution in [0.15, 0.2) is 16.8 Å². The minimum absolute atomic E-state index is 0.161. The van der Waals surface area contributed by atoms with Crippen molar-refractivity contribution >= 4 is 23.3 Å². The van der Waals surface area contributed by atoms with Gasteiger partial charge in [0.25, 0.3) is 0 Å². The van der Waals surface area contributed by atoms with Gasteiger partial charge < -0.3 is 9.84 Å². The van der Waals surface area contributed by atoms with Crippen LogP contribution in [0, 0.1) is 5.41 Å². The molecule has 1 atom stereocenters. The summed E-state index contributed by atoms with van der Waals surface area (Å²) in [4.78, 5) is 24.0. The number of carboxylic acids is 1. The molecule has 1 aromatic heterocycles. The van der Waals surface area contributed by atoms with Gasteiger partial charge in [-0.05, 0) is 34.7 Å². The van der Waals surface area contributed by atoms with Crippen molar-refractivity contribution in [2.75, 3.05) is 6.61 Å². The van der Waals surface area contributed by atoms with E-state index in [-0.39, 0.29) is 6.61 Å². The van der Waals surface area contributed by atoms with Crippen LogP contribution in [0.3, 0.4) is 0 Å². The number of aliphatic carboxylic acids is 1. The van der Waals surface area contributed by atoms with E-state index in [1.165, 1.54) is 11.3 Å². The van der Waals surface area contributed by atoms with Gasteiger partial charge in [0.05, 0.1) is 6.61 Å². The van der Waals surface area contributed by atoms with Gasteiger partial charge in [-0.3, -0.25) is 9.59 Å². The van der Waals surface area contributed by atoms with Gasteiger partial charge in [-0.2, -0.15) is 11.3 Å². The Bertz CT molecular complexity index is 430. The summed E-state index contributed by atoms with van der Waals surface area (Å²) in [6.07, 6.45) is 0. The lowest BCUT2D eigenvalue weighted by Crippen LogP contribution is -2.54. The second-order valence-corrected chi connectivity index (χ2v) is 5.82. The van der Waals surface area contributed by atoms with E-state index in [1.54, 1.807) is 44.5 Å². The van der Waals surface area contributed by atoms with E-state index in [9.17, 15) is 14.7 Å². The topological polar surface area (TPSA) is 63.6 Å². The Balaban J connectivity index is 3.48. The zero-order chi connectivity index (χ0) is 14.0. The molecule has 0 radical (unpaired) electrons. The third-order valence-electron chi connectivity index (χ3n) is 2.98. The summed E-state index contributed by atoms with van der Waals surface area (Å²) in [7, 11) is 0. The van der Waals surface area contributed by atoms with Gasteiger partial charge in [-0.25, -0.2) is 0 Å². The Kier molecular flexibility index (Phi) is 4.16. The van der Waals surface area contributed by atoms with Gasteiger partial charge >= 0.3 is 11.9 Å². The number of thiophene rings is 1. The smallest absolute Gasteiger partial charge is 0.328 e. The van der Waals surface area contributed by atoms with E-state index in [2.05, 4.69) is 0 Å². The molecule has 0 fully saturated rings. The van der Waals surface area contributed by atoms with Gasteiger partial charge in [-0.15, -0.1) is 0 Å². The molecular weight excluding hydrogens is 252 g/mol. The normalized spacial score (nSPS) is 14.9. The first-order valence-electron chi connectivity index (χ1n) is 5.71. The number of carboxylic acid groups (broad SMARTS) is 1. The van der Waals surface area contributed by atoms with E-state index < -0.39 is 22.8 Å². The quantitative estimate of drug-likeness (QED) is 0.675. The standard InChI is InChI=1S/C13H18O4S/c1-5-17-11(16)13(10(14)15,12(2,3)4)9-6-7-18-8-9/h6-8H,5H2,1-4H3,(H,14,15). The van der Waals surface area contributed by atoms with E-state index in [0.29, 0.717) is 5.56 Å². The first kappa shape index (κ1) is 14.7. The van der Waals surface area contributed by atoms with Gasteiger partial charge in [0.2, 0.25) is 0 Å². The molecule has 0 aliphatic rings. The van der Waals surface area contributed by atoms with Gasteiger partial charge in [0.15, 0.2) is 5.41 Å². The molecule has 0 aliphatic carbocycles. The van der Waals surface area contributed by atoms with Crippen LogP contribution in [0.1, 0.15) is 33.3 Å². The Labute approximate surface area is 111 Å². The average molecular weight is 270 g/mol. The molecule has 1 aromatic rings. The molecule has 0 saturated carbocycles. The van der Waals surface area contributed by atoms with Crippen LogP contribution in [0.4, 0.5) is 0 Å². The van der Waals surface area contributed by atoms with Crippen LogP contribution in [0.25, 0.3) is 0 Å². The maximum atomic E-state index is 12.3. The highest BCUT2D eigenvalue weighted by atomic mass is 32.1. The number of esters is 1. The minimum Gasteiger partial charge on any atom is -0.480 e. The second kappa shape index (κ2) is 5.10. The number of hydrogen-bond donors (Lipinski definition) is 1. The van der Waals surface area contributed by atoms with Crippen LogP contribution in [0.5, 0.6) is 0 Å². The summed E-state index contributed by atoms with van der Waals surface area (Å²) in [5, 5.41) is 13.1. The van der Waals surface area contributed by atoms with Crippen molar-refractivity contribution in [3.8, 4) is 0 Å². The number of carbonyl (C=O) groups excluding carboxylic acids is 1. The van der Waals surface area contributed by atoms with Crippen molar-refractivity contribution in [2.24, 2.45) is 5.41 Å². The maximum Gasteiger partial charge on any atom is 0.328 e. The Morgan fingerprint density at radius 2 is 2.00 bits per heavy atom. The van der Waals surface area contributed by atoms with Crippen LogP contribution in [-0.4, -0.2) is 23.7 Å². The number of carbonyl (C=O) groups is 2. The fraction of sp³-hybridized carbons (Fsp3) is 0.538. The summed E-state index contributed by atoms with van der Waals surface area (Å²) >= 11 is 1.36. The molecule has 4 nitrogen and oxygen atoms in total. The SMILES string of the molecule is CCOC(=O)C(C(=O)O)(c1ccsc1)C(C)(C)C. The summed E-state index contributed by atoms with van der Waals surface area (Å²) in [5.74, 6) is -1.88. The molecule has 1 heterocycles. The molecule has 100 valence electrons. The zero-order valence-corrected chi connectivity index (χ0v) is 11.8. The van der Waals surface area contributed by atoms with Crippen LogP contribution in [0.2, 0.25) is 0 Å². The second-order valence-electron chi connectivity index (χ2n) is 5.04. The van der Waals surface area contributed by atoms with Gasteiger partial charge in [0, 0.05) is 0 Å². The lowest BCUT2D eigenvalue weighted by molar-refractivity contribution is -0.167. The number of rotatable bonds is 4. The summed E-state index contributed by atoms with van der Waals surface area (Å²) < 4.78 is 5.00. The van der Waals surface area contributed by atoms with Crippen molar-refractivity contribution in [1.82, 2.24) is 0 Å². The molecule has 0 saturated heterocycles. The molecule has 1 unspecified atom stereocenters. The highest BCUT2D eigenvalue weighted by Gasteiger charge is 2.58. The number of ether oxygens (including phenoxy) is 1. The maximum absolute atomic E-state index is 12.3. The van der Waals surface area contributed by atoms with Crippen LogP contribution >= 0.6 is 11.3 Å². The first-order valence-corrected chi connectivity index (χ1v) is 6.66. The summed E-state index contributed by atoms with van der Waals surface area (Å²) in [6.45, 7) is 7.02. The van der Waals surface area contributed by atoms with Gasteiger partial charge in [0.1, 0.15) is 0 Å². The minimum atomic E-state index is -1.66. The molecule has 0 spiro atoms. The van der Waals surface area contributed by atoms with E-state index >= 15 is 0 Å². The largest absolute Gasteiger partial charge is 0.480 e. The lowest BCUT2D eigenvalue weighted by atomic mass is 9.63. The molecule has 0 aliphatic heterocycles.